The zero-order chi connectivity index (χ0) is 18.0. The number of anilines is 1. The molecule has 0 bridgehead atoms. The highest BCUT2D eigenvalue weighted by Gasteiger charge is 2.32. The van der Waals surface area contributed by atoms with Crippen molar-refractivity contribution in [2.75, 3.05) is 44.2 Å². The van der Waals surface area contributed by atoms with Crippen LogP contribution in [0.2, 0.25) is 0 Å². The molecule has 0 aliphatic carbocycles. The van der Waals surface area contributed by atoms with Crippen molar-refractivity contribution in [2.24, 2.45) is 0 Å². The van der Waals surface area contributed by atoms with Crippen molar-refractivity contribution in [3.8, 4) is 0 Å². The Bertz CT molecular complexity index is 588. The van der Waals surface area contributed by atoms with Gasteiger partial charge >= 0.3 is 0 Å². The minimum Gasteiger partial charge on any atom is -0.372 e. The summed E-state index contributed by atoms with van der Waals surface area (Å²) < 4.78 is 5.75. The van der Waals surface area contributed by atoms with E-state index in [0.29, 0.717) is 13.1 Å². The van der Waals surface area contributed by atoms with Crippen molar-refractivity contribution in [2.45, 2.75) is 45.9 Å². The molecule has 5 heteroatoms. The summed E-state index contributed by atoms with van der Waals surface area (Å²) in [6, 6.07) is 8.48. The molecule has 25 heavy (non-hydrogen) atoms. The van der Waals surface area contributed by atoms with Crippen LogP contribution in [0.25, 0.3) is 0 Å². The minimum absolute atomic E-state index is 0.0588. The molecule has 1 aromatic carbocycles. The third-order valence-electron chi connectivity index (χ3n) is 5.41. The van der Waals surface area contributed by atoms with Crippen LogP contribution in [-0.4, -0.2) is 73.2 Å². The lowest BCUT2D eigenvalue weighted by Gasteiger charge is -2.42. The summed E-state index contributed by atoms with van der Waals surface area (Å²) in [5.41, 5.74) is 2.63. The molecule has 1 amide bonds. The number of ether oxygens (including phenoxy) is 1. The molecule has 5 nitrogen and oxygen atoms in total. The fraction of sp³-hybridized carbons (Fsp3) is 0.650. The molecule has 3 rings (SSSR count). The Balaban J connectivity index is 1.57. The molecule has 0 spiro atoms. The van der Waals surface area contributed by atoms with Crippen molar-refractivity contribution in [3.05, 3.63) is 29.8 Å². The van der Waals surface area contributed by atoms with E-state index < -0.39 is 0 Å². The van der Waals surface area contributed by atoms with Crippen LogP contribution in [0.4, 0.5) is 5.69 Å². The topological polar surface area (TPSA) is 36.0 Å². The number of amides is 1. The van der Waals surface area contributed by atoms with E-state index in [4.69, 9.17) is 4.74 Å². The van der Waals surface area contributed by atoms with Crippen LogP contribution in [0.15, 0.2) is 24.3 Å². The highest BCUT2D eigenvalue weighted by molar-refractivity contribution is 5.81. The molecule has 2 aliphatic rings. The number of benzene rings is 1. The van der Waals surface area contributed by atoms with Gasteiger partial charge in [0, 0.05) is 45.0 Å². The Labute approximate surface area is 151 Å². The quantitative estimate of drug-likeness (QED) is 0.841. The third-order valence-corrected chi connectivity index (χ3v) is 5.41. The lowest BCUT2D eigenvalue weighted by molar-refractivity contribution is -0.148. The number of aryl methyl sites for hydroxylation is 1. The van der Waals surface area contributed by atoms with E-state index in [1.54, 1.807) is 0 Å². The van der Waals surface area contributed by atoms with Gasteiger partial charge in [-0.25, -0.2) is 0 Å². The molecule has 3 atom stereocenters. The maximum absolute atomic E-state index is 12.9. The molecular formula is C20H31N3O2. The van der Waals surface area contributed by atoms with Crippen LogP contribution in [-0.2, 0) is 9.53 Å². The molecule has 138 valence electrons. The second kappa shape index (κ2) is 7.75. The monoisotopic (exact) mass is 345 g/mol. The van der Waals surface area contributed by atoms with Crippen molar-refractivity contribution >= 4 is 11.6 Å². The highest BCUT2D eigenvalue weighted by Crippen LogP contribution is 2.22. The lowest BCUT2D eigenvalue weighted by atomic mass is 10.1. The summed E-state index contributed by atoms with van der Waals surface area (Å²) in [6.45, 7) is 13.5. The van der Waals surface area contributed by atoms with E-state index in [-0.39, 0.29) is 24.2 Å². The zero-order valence-electron chi connectivity index (χ0n) is 15.9. The molecule has 2 heterocycles. The van der Waals surface area contributed by atoms with Crippen LogP contribution in [0.1, 0.15) is 26.3 Å². The van der Waals surface area contributed by atoms with Gasteiger partial charge in [-0.1, -0.05) is 18.2 Å². The highest BCUT2D eigenvalue weighted by atomic mass is 16.5. The van der Waals surface area contributed by atoms with Gasteiger partial charge in [-0.15, -0.1) is 0 Å². The predicted molar refractivity (Wildman–Crippen MR) is 101 cm³/mol. The summed E-state index contributed by atoms with van der Waals surface area (Å²) in [6.07, 6.45) is 0.246. The Hall–Kier alpha value is -1.59. The van der Waals surface area contributed by atoms with E-state index in [1.807, 2.05) is 18.7 Å². The van der Waals surface area contributed by atoms with E-state index >= 15 is 0 Å². The second-order valence-corrected chi connectivity index (χ2v) is 7.49. The summed E-state index contributed by atoms with van der Waals surface area (Å²) in [4.78, 5) is 19.6. The number of piperazine rings is 1. The third kappa shape index (κ3) is 4.15. The standard InChI is InChI=1S/C20H31N3O2/c1-15-7-5-6-8-19(15)22-11-9-21(10-12-22)18(4)20(24)23-13-16(2)25-17(3)14-23/h5-8,16-18H,9-14H2,1-4H3/t16-,17-,18-/m1/s1. The normalized spacial score (nSPS) is 26.6. The SMILES string of the molecule is Cc1ccccc1N1CCN([C@H](C)C(=O)N2C[C@@H](C)O[C@H](C)C2)CC1. The van der Waals surface area contributed by atoms with Crippen molar-refractivity contribution in [3.63, 3.8) is 0 Å². The predicted octanol–water partition coefficient (Wildman–Crippen LogP) is 2.14. The van der Waals surface area contributed by atoms with Crippen LogP contribution in [0.5, 0.6) is 0 Å². The number of para-hydroxylation sites is 1. The van der Waals surface area contributed by atoms with Gasteiger partial charge in [-0.05, 0) is 39.3 Å². The first-order valence-electron chi connectivity index (χ1n) is 9.44. The summed E-state index contributed by atoms with van der Waals surface area (Å²) in [7, 11) is 0. The van der Waals surface area contributed by atoms with Crippen LogP contribution >= 0.6 is 0 Å². The molecule has 1 aromatic rings. The van der Waals surface area contributed by atoms with E-state index in [1.165, 1.54) is 11.3 Å². The molecule has 0 saturated carbocycles. The van der Waals surface area contributed by atoms with E-state index in [0.717, 1.165) is 26.2 Å². The number of hydrogen-bond acceptors (Lipinski definition) is 4. The Morgan fingerprint density at radius 3 is 2.28 bits per heavy atom. The Morgan fingerprint density at radius 1 is 1.08 bits per heavy atom. The number of carbonyl (C=O) groups is 1. The molecule has 0 N–H and O–H groups in total. The largest absolute Gasteiger partial charge is 0.372 e. The van der Waals surface area contributed by atoms with Crippen LogP contribution in [0.3, 0.4) is 0 Å². The molecule has 0 unspecified atom stereocenters. The fourth-order valence-electron chi connectivity index (χ4n) is 4.05. The lowest BCUT2D eigenvalue weighted by Crippen LogP contribution is -2.57. The summed E-state index contributed by atoms with van der Waals surface area (Å²) in [5.74, 6) is 0.242. The van der Waals surface area contributed by atoms with Crippen molar-refractivity contribution in [1.82, 2.24) is 9.80 Å². The maximum Gasteiger partial charge on any atom is 0.239 e. The van der Waals surface area contributed by atoms with Gasteiger partial charge in [0.25, 0.3) is 0 Å². The van der Waals surface area contributed by atoms with Gasteiger partial charge < -0.3 is 14.5 Å². The molecule has 2 aliphatic heterocycles. The summed E-state index contributed by atoms with van der Waals surface area (Å²) in [5, 5.41) is 0. The Kier molecular flexibility index (Phi) is 5.64. The first kappa shape index (κ1) is 18.2. The van der Waals surface area contributed by atoms with Gasteiger partial charge in [0.1, 0.15) is 0 Å². The van der Waals surface area contributed by atoms with Gasteiger partial charge in [-0.3, -0.25) is 9.69 Å². The molecule has 0 radical (unpaired) electrons. The molecule has 2 saturated heterocycles. The zero-order valence-corrected chi connectivity index (χ0v) is 15.9. The molecule has 2 fully saturated rings. The number of morpholine rings is 1. The number of nitrogens with zero attached hydrogens (tertiary/aromatic N) is 3. The maximum atomic E-state index is 12.9. The summed E-state index contributed by atoms with van der Waals surface area (Å²) >= 11 is 0. The van der Waals surface area contributed by atoms with Gasteiger partial charge in [0.05, 0.1) is 18.2 Å². The van der Waals surface area contributed by atoms with Crippen molar-refractivity contribution < 1.29 is 9.53 Å². The average molecular weight is 345 g/mol. The van der Waals surface area contributed by atoms with Gasteiger partial charge in [-0.2, -0.15) is 0 Å². The minimum atomic E-state index is -0.0588. The smallest absolute Gasteiger partial charge is 0.239 e. The van der Waals surface area contributed by atoms with Gasteiger partial charge in [0.2, 0.25) is 5.91 Å². The molecule has 0 aromatic heterocycles. The molecular weight excluding hydrogens is 314 g/mol. The van der Waals surface area contributed by atoms with Gasteiger partial charge in [0.15, 0.2) is 0 Å². The number of rotatable bonds is 3. The van der Waals surface area contributed by atoms with E-state index in [9.17, 15) is 4.79 Å². The van der Waals surface area contributed by atoms with Crippen molar-refractivity contribution in [1.29, 1.82) is 0 Å². The van der Waals surface area contributed by atoms with E-state index in [2.05, 4.69) is 47.9 Å². The number of hydrogen-bond donors (Lipinski definition) is 0. The van der Waals surface area contributed by atoms with Crippen LogP contribution in [0, 0.1) is 6.92 Å². The Morgan fingerprint density at radius 2 is 1.68 bits per heavy atom. The average Bonchev–Trinajstić information content (AvgIpc) is 2.60. The van der Waals surface area contributed by atoms with Crippen LogP contribution < -0.4 is 4.90 Å². The number of carbonyl (C=O) groups excluding carboxylic acids is 1. The second-order valence-electron chi connectivity index (χ2n) is 7.49. The first-order valence-corrected chi connectivity index (χ1v) is 9.44. The fourth-order valence-corrected chi connectivity index (χ4v) is 4.05. The first-order chi connectivity index (χ1) is 12.0.